The van der Waals surface area contributed by atoms with Crippen molar-refractivity contribution in [1.82, 2.24) is 24.9 Å². The summed E-state index contributed by atoms with van der Waals surface area (Å²) in [5.41, 5.74) is 9.99. The Kier molecular flexibility index (Phi) is 7.57. The highest BCUT2D eigenvalue weighted by Crippen LogP contribution is 2.43. The Balaban J connectivity index is 1.09. The van der Waals surface area contributed by atoms with E-state index in [2.05, 4.69) is 91.0 Å². The van der Waals surface area contributed by atoms with E-state index in [0.717, 1.165) is 81.3 Å². The van der Waals surface area contributed by atoms with Gasteiger partial charge in [-0.05, 0) is 41.5 Å². The van der Waals surface area contributed by atoms with Crippen molar-refractivity contribution in [3.05, 3.63) is 176 Å². The lowest BCUT2D eigenvalue weighted by Crippen LogP contribution is -2.00. The van der Waals surface area contributed by atoms with Gasteiger partial charge in [-0.15, -0.1) is 11.3 Å². The summed E-state index contributed by atoms with van der Waals surface area (Å²) in [5.74, 6) is 2.54. The number of fused-ring (bicyclic) bond motifs is 6. The molecule has 4 heterocycles. The Labute approximate surface area is 325 Å². The van der Waals surface area contributed by atoms with Crippen molar-refractivity contribution in [1.29, 1.82) is 0 Å². The lowest BCUT2D eigenvalue weighted by molar-refractivity contribution is 0.667. The number of hydrogen-bond donors (Lipinski definition) is 0. The predicted molar refractivity (Wildman–Crippen MR) is 228 cm³/mol. The van der Waals surface area contributed by atoms with E-state index in [1.54, 1.807) is 11.3 Å². The van der Waals surface area contributed by atoms with Crippen LogP contribution in [0.3, 0.4) is 0 Å². The highest BCUT2D eigenvalue weighted by molar-refractivity contribution is 7.26. The third-order valence-corrected chi connectivity index (χ3v) is 11.3. The summed E-state index contributed by atoms with van der Waals surface area (Å²) in [5, 5.41) is 3.20. The van der Waals surface area contributed by atoms with Gasteiger partial charge >= 0.3 is 0 Å². The second-order valence-electron chi connectivity index (χ2n) is 13.6. The van der Waals surface area contributed by atoms with Crippen molar-refractivity contribution in [3.8, 4) is 67.9 Å². The van der Waals surface area contributed by atoms with Gasteiger partial charge in [-0.2, -0.15) is 0 Å². The quantitative estimate of drug-likeness (QED) is 0.169. The molecule has 0 saturated heterocycles. The molecular weight excluding hydrogens is 707 g/mol. The van der Waals surface area contributed by atoms with E-state index in [9.17, 15) is 0 Å². The lowest BCUT2D eigenvalue weighted by atomic mass is 10.0. The summed E-state index contributed by atoms with van der Waals surface area (Å²) in [6.07, 6.45) is 0. The molecule has 0 spiro atoms. The zero-order chi connectivity index (χ0) is 37.0. The zero-order valence-electron chi connectivity index (χ0n) is 29.8. The number of thiophene rings is 1. The SMILES string of the molecule is c1ccc(-c2cccc(-c3nc(-c4ccccc4)nc(-c4cccc5sc6cc(-c7nc(-c8ccccc8)nc8c7oc7ccccc78)ccc6c45)n3)c2)cc1. The van der Waals surface area contributed by atoms with Gasteiger partial charge in [0.25, 0.3) is 0 Å². The van der Waals surface area contributed by atoms with Gasteiger partial charge in [0.05, 0.1) is 0 Å². The summed E-state index contributed by atoms with van der Waals surface area (Å²) >= 11 is 1.75. The van der Waals surface area contributed by atoms with Crippen molar-refractivity contribution in [2.75, 3.05) is 0 Å². The fraction of sp³-hybridized carbons (Fsp3) is 0. The Morgan fingerprint density at radius 1 is 0.375 bits per heavy atom. The molecule has 0 radical (unpaired) electrons. The van der Waals surface area contributed by atoms with E-state index in [1.165, 1.54) is 0 Å². The van der Waals surface area contributed by atoms with Crippen molar-refractivity contribution >= 4 is 53.6 Å². The molecule has 4 aromatic heterocycles. The largest absolute Gasteiger partial charge is 0.452 e. The van der Waals surface area contributed by atoms with Crippen LogP contribution in [0.15, 0.2) is 180 Å². The molecule has 0 atom stereocenters. The van der Waals surface area contributed by atoms with E-state index in [1.807, 2.05) is 84.9 Å². The third kappa shape index (κ3) is 5.52. The van der Waals surface area contributed by atoms with Crippen LogP contribution >= 0.6 is 11.3 Å². The highest BCUT2D eigenvalue weighted by Gasteiger charge is 2.21. The maximum absolute atomic E-state index is 6.46. The molecule has 0 bridgehead atoms. The molecule has 0 N–H and O–H groups in total. The summed E-state index contributed by atoms with van der Waals surface area (Å²) in [7, 11) is 0. The molecule has 0 aliphatic heterocycles. The van der Waals surface area contributed by atoms with Crippen LogP contribution in [0.5, 0.6) is 0 Å². The third-order valence-electron chi connectivity index (χ3n) is 10.2. The fourth-order valence-corrected chi connectivity index (χ4v) is 8.64. The first kappa shape index (κ1) is 32.1. The van der Waals surface area contributed by atoms with Crippen molar-refractivity contribution < 1.29 is 4.42 Å². The number of benzene rings is 7. The average Bonchev–Trinajstić information content (AvgIpc) is 3.85. The molecule has 0 saturated carbocycles. The first-order valence-electron chi connectivity index (χ1n) is 18.4. The van der Waals surface area contributed by atoms with Crippen LogP contribution in [0.2, 0.25) is 0 Å². The number of aromatic nitrogens is 5. The van der Waals surface area contributed by atoms with Crippen LogP contribution in [-0.2, 0) is 0 Å². The number of para-hydroxylation sites is 1. The van der Waals surface area contributed by atoms with Crippen LogP contribution in [0.25, 0.3) is 110 Å². The first-order valence-corrected chi connectivity index (χ1v) is 19.2. The van der Waals surface area contributed by atoms with Gasteiger partial charge in [-0.25, -0.2) is 24.9 Å². The minimum Gasteiger partial charge on any atom is -0.452 e. The molecule has 11 aromatic rings. The van der Waals surface area contributed by atoms with Crippen molar-refractivity contribution in [2.45, 2.75) is 0 Å². The Hall–Kier alpha value is -7.35. The lowest BCUT2D eigenvalue weighted by Gasteiger charge is -2.10. The number of hydrogen-bond acceptors (Lipinski definition) is 7. The smallest absolute Gasteiger partial charge is 0.180 e. The molecule has 0 amide bonds. The van der Waals surface area contributed by atoms with Gasteiger partial charge in [-0.1, -0.05) is 146 Å². The average molecular weight is 736 g/mol. The molecular formula is C49H29N5OS. The molecule has 0 aliphatic rings. The standard InChI is InChI=1S/C49H29N5OS/c1-4-14-30(15-5-1)33-20-12-21-35(28-33)48-52-47(32-18-8-3-9-19-32)53-49(54-48)38-23-13-25-40-42(38)37-27-26-34(29-41(37)56-40)43-45-44(36-22-10-11-24-39(36)55-45)51-46(50-43)31-16-6-2-7-17-31/h1-29H. The molecule has 0 unspecified atom stereocenters. The Morgan fingerprint density at radius 3 is 1.75 bits per heavy atom. The van der Waals surface area contributed by atoms with E-state index in [4.69, 9.17) is 29.3 Å². The second-order valence-corrected chi connectivity index (χ2v) is 14.7. The maximum Gasteiger partial charge on any atom is 0.180 e. The Morgan fingerprint density at radius 2 is 0.982 bits per heavy atom. The minimum absolute atomic E-state index is 0.623. The number of nitrogens with zero attached hydrogens (tertiary/aromatic N) is 5. The van der Waals surface area contributed by atoms with Crippen LogP contribution in [0.4, 0.5) is 0 Å². The summed E-state index contributed by atoms with van der Waals surface area (Å²) in [4.78, 5) is 25.5. The van der Waals surface area contributed by atoms with Crippen molar-refractivity contribution in [3.63, 3.8) is 0 Å². The second kappa shape index (κ2) is 13.2. The molecule has 7 heteroatoms. The molecule has 11 rings (SSSR count). The molecule has 0 fully saturated rings. The first-order chi connectivity index (χ1) is 27.7. The number of rotatable bonds is 6. The molecule has 0 aliphatic carbocycles. The van der Waals surface area contributed by atoms with Gasteiger partial charge in [0, 0.05) is 53.4 Å². The maximum atomic E-state index is 6.46. The normalized spacial score (nSPS) is 11.6. The van der Waals surface area contributed by atoms with E-state index in [0.29, 0.717) is 28.9 Å². The van der Waals surface area contributed by atoms with Crippen LogP contribution < -0.4 is 0 Å². The monoisotopic (exact) mass is 735 g/mol. The molecule has 7 aromatic carbocycles. The summed E-state index contributed by atoms with van der Waals surface area (Å²) in [6.45, 7) is 0. The van der Waals surface area contributed by atoms with Crippen LogP contribution in [0, 0.1) is 0 Å². The van der Waals surface area contributed by atoms with Gasteiger partial charge < -0.3 is 4.42 Å². The van der Waals surface area contributed by atoms with Gasteiger partial charge in [0.1, 0.15) is 16.8 Å². The molecule has 262 valence electrons. The number of furan rings is 1. The predicted octanol–water partition coefficient (Wildman–Crippen LogP) is 12.9. The minimum atomic E-state index is 0.623. The highest BCUT2D eigenvalue weighted by atomic mass is 32.1. The Bertz CT molecular complexity index is 3250. The van der Waals surface area contributed by atoms with Gasteiger partial charge in [0.2, 0.25) is 0 Å². The van der Waals surface area contributed by atoms with Crippen LogP contribution in [-0.4, -0.2) is 24.9 Å². The van der Waals surface area contributed by atoms with E-state index < -0.39 is 0 Å². The topological polar surface area (TPSA) is 77.6 Å². The molecule has 6 nitrogen and oxygen atoms in total. The zero-order valence-corrected chi connectivity index (χ0v) is 30.6. The summed E-state index contributed by atoms with van der Waals surface area (Å²) < 4.78 is 8.73. The van der Waals surface area contributed by atoms with E-state index in [-0.39, 0.29) is 0 Å². The molecule has 56 heavy (non-hydrogen) atoms. The van der Waals surface area contributed by atoms with E-state index >= 15 is 0 Å². The van der Waals surface area contributed by atoms with Crippen LogP contribution in [0.1, 0.15) is 0 Å². The fourth-order valence-electron chi connectivity index (χ4n) is 7.47. The van der Waals surface area contributed by atoms with Crippen molar-refractivity contribution in [2.24, 2.45) is 0 Å². The van der Waals surface area contributed by atoms with Gasteiger partial charge in [-0.3, -0.25) is 0 Å². The van der Waals surface area contributed by atoms with Gasteiger partial charge in [0.15, 0.2) is 28.9 Å². The summed E-state index contributed by atoms with van der Waals surface area (Å²) in [6, 6.07) is 60.0.